The Kier molecular flexibility index (Phi) is 7.25. The molecule has 1 aromatic rings. The number of carboxylic acid groups (broad SMARTS) is 1. The third-order valence-corrected chi connectivity index (χ3v) is 4.68. The molecule has 0 aromatic heterocycles. The predicted octanol–water partition coefficient (Wildman–Crippen LogP) is 3.09. The van der Waals surface area contributed by atoms with E-state index in [4.69, 9.17) is 4.74 Å². The first-order chi connectivity index (χ1) is 11.6. The van der Waals surface area contributed by atoms with Gasteiger partial charge in [0.1, 0.15) is 6.04 Å². The fraction of sp³-hybridized carbons (Fsp3) is 0.579. The summed E-state index contributed by atoms with van der Waals surface area (Å²) in [7, 11) is 0. The third-order valence-electron chi connectivity index (χ3n) is 4.68. The van der Waals surface area contributed by atoms with Crippen LogP contribution in [0.4, 0.5) is 0 Å². The quantitative estimate of drug-likeness (QED) is 0.794. The van der Waals surface area contributed by atoms with Gasteiger partial charge in [-0.25, -0.2) is 4.79 Å². The highest BCUT2D eigenvalue weighted by Crippen LogP contribution is 2.21. The minimum Gasteiger partial charge on any atom is -0.480 e. The average molecular weight is 333 g/mol. The third kappa shape index (κ3) is 5.64. The lowest BCUT2D eigenvalue weighted by molar-refractivity contribution is -0.150. The predicted molar refractivity (Wildman–Crippen MR) is 91.5 cm³/mol. The van der Waals surface area contributed by atoms with Crippen LogP contribution in [0.2, 0.25) is 0 Å². The van der Waals surface area contributed by atoms with E-state index in [-0.39, 0.29) is 5.91 Å². The van der Waals surface area contributed by atoms with Crippen LogP contribution in [0.25, 0.3) is 0 Å². The summed E-state index contributed by atoms with van der Waals surface area (Å²) in [5.74, 6) is -0.421. The zero-order valence-electron chi connectivity index (χ0n) is 14.3. The van der Waals surface area contributed by atoms with Crippen LogP contribution in [0.3, 0.4) is 0 Å². The van der Waals surface area contributed by atoms with Gasteiger partial charge in [-0.05, 0) is 44.1 Å². The van der Waals surface area contributed by atoms with E-state index in [9.17, 15) is 14.7 Å². The summed E-state index contributed by atoms with van der Waals surface area (Å²) in [6.07, 6.45) is 4.35. The van der Waals surface area contributed by atoms with E-state index in [0.717, 1.165) is 44.5 Å². The monoisotopic (exact) mass is 333 g/mol. The smallest absolute Gasteiger partial charge is 0.326 e. The highest BCUT2D eigenvalue weighted by Gasteiger charge is 2.25. The highest BCUT2D eigenvalue weighted by molar-refractivity contribution is 5.83. The van der Waals surface area contributed by atoms with Crippen LogP contribution in [0.1, 0.15) is 44.6 Å². The number of carboxylic acids is 1. The molecule has 1 unspecified atom stereocenters. The molecule has 2 rings (SSSR count). The first kappa shape index (κ1) is 18.5. The van der Waals surface area contributed by atoms with Crippen molar-refractivity contribution in [2.45, 2.75) is 51.6 Å². The molecule has 1 aliphatic heterocycles. The van der Waals surface area contributed by atoms with Gasteiger partial charge in [0.15, 0.2) is 0 Å². The van der Waals surface area contributed by atoms with Crippen LogP contribution in [0.15, 0.2) is 30.3 Å². The molecule has 1 saturated heterocycles. The Bertz CT molecular complexity index is 525. The summed E-state index contributed by atoms with van der Waals surface area (Å²) in [5.41, 5.74) is 0.948. The number of carbonyl (C=O) groups is 2. The van der Waals surface area contributed by atoms with Gasteiger partial charge in [-0.3, -0.25) is 4.79 Å². The van der Waals surface area contributed by atoms with Gasteiger partial charge in [-0.15, -0.1) is 0 Å². The molecule has 1 aliphatic rings. The van der Waals surface area contributed by atoms with Crippen molar-refractivity contribution in [3.8, 4) is 0 Å². The molecular formula is C19H27NO4. The second-order valence-corrected chi connectivity index (χ2v) is 6.47. The van der Waals surface area contributed by atoms with Crippen molar-refractivity contribution in [1.82, 2.24) is 4.90 Å². The van der Waals surface area contributed by atoms with Crippen LogP contribution >= 0.6 is 0 Å². The van der Waals surface area contributed by atoms with E-state index in [1.54, 1.807) is 6.92 Å². The van der Waals surface area contributed by atoms with E-state index >= 15 is 0 Å². The lowest BCUT2D eigenvalue weighted by Crippen LogP contribution is -2.42. The van der Waals surface area contributed by atoms with Crippen LogP contribution in [0, 0.1) is 5.92 Å². The van der Waals surface area contributed by atoms with Gasteiger partial charge in [0.2, 0.25) is 5.91 Å². The van der Waals surface area contributed by atoms with E-state index in [1.165, 1.54) is 4.90 Å². The molecule has 5 heteroatoms. The summed E-state index contributed by atoms with van der Waals surface area (Å²) in [6, 6.07) is 8.71. The van der Waals surface area contributed by atoms with Crippen molar-refractivity contribution in [1.29, 1.82) is 0 Å². The lowest BCUT2D eigenvalue weighted by Gasteiger charge is -2.27. The second kappa shape index (κ2) is 9.42. The molecule has 0 saturated carbocycles. The van der Waals surface area contributed by atoms with Gasteiger partial charge in [0.25, 0.3) is 0 Å². The number of aliphatic carboxylic acids is 1. The molecular weight excluding hydrogens is 306 g/mol. The summed E-state index contributed by atoms with van der Waals surface area (Å²) >= 11 is 0. The topological polar surface area (TPSA) is 66.8 Å². The van der Waals surface area contributed by atoms with Crippen molar-refractivity contribution < 1.29 is 19.4 Å². The molecule has 1 N–H and O–H groups in total. The molecule has 0 radical (unpaired) electrons. The molecule has 24 heavy (non-hydrogen) atoms. The summed E-state index contributed by atoms with van der Waals surface area (Å²) < 4.78 is 5.35. The van der Waals surface area contributed by atoms with Crippen molar-refractivity contribution >= 4 is 11.9 Å². The van der Waals surface area contributed by atoms with E-state index < -0.39 is 12.0 Å². The molecule has 1 fully saturated rings. The number of rotatable bonds is 8. The Labute approximate surface area is 143 Å². The number of amides is 1. The Hall–Kier alpha value is -1.88. The van der Waals surface area contributed by atoms with Gasteiger partial charge >= 0.3 is 5.97 Å². The maximum absolute atomic E-state index is 12.6. The molecule has 1 atom stereocenters. The molecule has 0 bridgehead atoms. The van der Waals surface area contributed by atoms with Gasteiger partial charge in [-0.2, -0.15) is 0 Å². The van der Waals surface area contributed by atoms with E-state index in [1.807, 2.05) is 30.3 Å². The van der Waals surface area contributed by atoms with Crippen molar-refractivity contribution in [3.63, 3.8) is 0 Å². The molecule has 1 amide bonds. The molecule has 1 heterocycles. The van der Waals surface area contributed by atoms with Crippen LogP contribution in [-0.4, -0.2) is 41.1 Å². The maximum atomic E-state index is 12.6. The second-order valence-electron chi connectivity index (χ2n) is 6.47. The van der Waals surface area contributed by atoms with Gasteiger partial charge in [0, 0.05) is 26.2 Å². The first-order valence-electron chi connectivity index (χ1n) is 8.72. The van der Waals surface area contributed by atoms with E-state index in [0.29, 0.717) is 18.9 Å². The molecule has 5 nitrogen and oxygen atoms in total. The van der Waals surface area contributed by atoms with Gasteiger partial charge < -0.3 is 14.7 Å². The SMILES string of the molecule is CC(C(=O)O)N(Cc1ccccc1)C(=O)CCCC1CCOCC1. The Morgan fingerprint density at radius 1 is 1.25 bits per heavy atom. The average Bonchev–Trinajstić information content (AvgIpc) is 2.60. The van der Waals surface area contributed by atoms with Gasteiger partial charge in [-0.1, -0.05) is 30.3 Å². The minimum absolute atomic E-state index is 0.0826. The number of nitrogens with zero attached hydrogens (tertiary/aromatic N) is 1. The normalized spacial score (nSPS) is 16.5. The molecule has 0 spiro atoms. The highest BCUT2D eigenvalue weighted by atomic mass is 16.5. The number of ether oxygens (including phenoxy) is 1. The van der Waals surface area contributed by atoms with Crippen LogP contribution in [0.5, 0.6) is 0 Å². The Morgan fingerprint density at radius 2 is 1.92 bits per heavy atom. The van der Waals surface area contributed by atoms with Crippen LogP contribution in [-0.2, 0) is 20.9 Å². The first-order valence-corrected chi connectivity index (χ1v) is 8.72. The largest absolute Gasteiger partial charge is 0.480 e. The zero-order valence-corrected chi connectivity index (χ0v) is 14.3. The number of benzene rings is 1. The zero-order chi connectivity index (χ0) is 17.4. The van der Waals surface area contributed by atoms with Crippen LogP contribution < -0.4 is 0 Å². The number of hydrogen-bond acceptors (Lipinski definition) is 3. The number of hydrogen-bond donors (Lipinski definition) is 1. The summed E-state index contributed by atoms with van der Waals surface area (Å²) in [6.45, 7) is 3.54. The van der Waals surface area contributed by atoms with Gasteiger partial charge in [0.05, 0.1) is 0 Å². The fourth-order valence-corrected chi connectivity index (χ4v) is 3.08. The number of carbonyl (C=O) groups excluding carboxylic acids is 1. The molecule has 1 aromatic carbocycles. The summed E-state index contributed by atoms with van der Waals surface area (Å²) in [4.78, 5) is 25.4. The Morgan fingerprint density at radius 3 is 2.54 bits per heavy atom. The van der Waals surface area contributed by atoms with Crippen molar-refractivity contribution in [3.05, 3.63) is 35.9 Å². The van der Waals surface area contributed by atoms with E-state index in [2.05, 4.69) is 0 Å². The molecule has 0 aliphatic carbocycles. The Balaban J connectivity index is 1.89. The lowest BCUT2D eigenvalue weighted by atomic mass is 9.94. The standard InChI is InChI=1S/C19H27NO4/c1-15(19(22)23)20(14-17-6-3-2-4-7-17)18(21)9-5-8-16-10-12-24-13-11-16/h2-4,6-7,15-16H,5,8-14H2,1H3,(H,22,23). The van der Waals surface area contributed by atoms with Crippen molar-refractivity contribution in [2.75, 3.05) is 13.2 Å². The maximum Gasteiger partial charge on any atom is 0.326 e. The molecule has 132 valence electrons. The minimum atomic E-state index is -0.969. The summed E-state index contributed by atoms with van der Waals surface area (Å²) in [5, 5.41) is 9.30. The fourth-order valence-electron chi connectivity index (χ4n) is 3.08. The van der Waals surface area contributed by atoms with Crippen molar-refractivity contribution in [2.24, 2.45) is 5.92 Å².